The third kappa shape index (κ3) is 3.71. The molecular weight excluding hydrogens is 384 g/mol. The van der Waals surface area contributed by atoms with Gasteiger partial charge in [0.2, 0.25) is 17.8 Å². The number of amides is 2. The second kappa shape index (κ2) is 7.21. The zero-order valence-electron chi connectivity index (χ0n) is 16.3. The average Bonchev–Trinajstić information content (AvgIpc) is 3.35. The average molecular weight is 404 g/mol. The molecule has 1 saturated heterocycles. The number of pyridine rings is 1. The minimum absolute atomic E-state index is 0.0541. The Morgan fingerprint density at radius 1 is 1.23 bits per heavy atom. The fourth-order valence-corrected chi connectivity index (χ4v) is 3.26. The standard InChI is InChI=1S/C20H20N8O2/c1-11-3-2-4-15(23-11)10-21-19-26-17-13(7-12-8-16(29)25-18(12)30)9-22-28(17)20(27-19)24-14-5-6-14/h2-4,7,9,14H,5-6,8,10H2,1H3,(H,25,29,30)(H2,21,24,26,27)/b12-7+. The number of fused-ring (bicyclic) bond motifs is 1. The maximum absolute atomic E-state index is 11.9. The fourth-order valence-electron chi connectivity index (χ4n) is 3.26. The molecule has 0 spiro atoms. The number of imide groups is 1. The van der Waals surface area contributed by atoms with Crippen molar-refractivity contribution in [2.75, 3.05) is 10.6 Å². The summed E-state index contributed by atoms with van der Waals surface area (Å²) < 4.78 is 1.62. The first-order valence-corrected chi connectivity index (χ1v) is 9.78. The van der Waals surface area contributed by atoms with E-state index in [0.717, 1.165) is 24.2 Å². The molecule has 0 bridgehead atoms. The van der Waals surface area contributed by atoms with Gasteiger partial charge in [0.1, 0.15) is 0 Å². The van der Waals surface area contributed by atoms with Crippen LogP contribution < -0.4 is 16.0 Å². The lowest BCUT2D eigenvalue weighted by Crippen LogP contribution is -2.19. The number of carbonyl (C=O) groups is 2. The number of nitrogens with one attached hydrogen (secondary N) is 3. The lowest BCUT2D eigenvalue weighted by Gasteiger charge is -2.10. The molecule has 3 aromatic heterocycles. The van der Waals surface area contributed by atoms with Crippen LogP contribution in [0, 0.1) is 6.92 Å². The van der Waals surface area contributed by atoms with Crippen LogP contribution in [0.15, 0.2) is 30.0 Å². The van der Waals surface area contributed by atoms with Crippen molar-refractivity contribution in [3.05, 3.63) is 46.9 Å². The Bertz CT molecular complexity index is 1190. The molecule has 30 heavy (non-hydrogen) atoms. The van der Waals surface area contributed by atoms with E-state index >= 15 is 0 Å². The first kappa shape index (κ1) is 18.2. The zero-order chi connectivity index (χ0) is 20.7. The molecule has 152 valence electrons. The van der Waals surface area contributed by atoms with Crippen LogP contribution in [0.3, 0.4) is 0 Å². The van der Waals surface area contributed by atoms with Gasteiger partial charge in [-0.25, -0.2) is 0 Å². The van der Waals surface area contributed by atoms with E-state index in [-0.39, 0.29) is 18.2 Å². The highest BCUT2D eigenvalue weighted by Crippen LogP contribution is 2.26. The molecule has 2 aliphatic rings. The molecule has 10 nitrogen and oxygen atoms in total. The summed E-state index contributed by atoms with van der Waals surface area (Å²) in [5, 5.41) is 13.3. The van der Waals surface area contributed by atoms with Crippen molar-refractivity contribution >= 4 is 35.4 Å². The van der Waals surface area contributed by atoms with Gasteiger partial charge in [-0.1, -0.05) is 6.07 Å². The summed E-state index contributed by atoms with van der Waals surface area (Å²) in [5.74, 6) is 0.329. The number of hydrogen-bond donors (Lipinski definition) is 3. The van der Waals surface area contributed by atoms with Crippen LogP contribution in [0.4, 0.5) is 11.9 Å². The van der Waals surface area contributed by atoms with Crippen LogP contribution in [-0.4, -0.2) is 42.4 Å². The van der Waals surface area contributed by atoms with Crippen molar-refractivity contribution in [1.82, 2.24) is 29.9 Å². The summed E-state index contributed by atoms with van der Waals surface area (Å²) in [6.45, 7) is 2.42. The highest BCUT2D eigenvalue weighted by Gasteiger charge is 2.26. The smallest absolute Gasteiger partial charge is 0.254 e. The molecule has 1 aliphatic carbocycles. The summed E-state index contributed by atoms with van der Waals surface area (Å²) in [6, 6.07) is 6.21. The lowest BCUT2D eigenvalue weighted by molar-refractivity contribution is -0.124. The van der Waals surface area contributed by atoms with Gasteiger partial charge in [0.25, 0.3) is 5.91 Å². The third-order valence-electron chi connectivity index (χ3n) is 4.90. The number of aryl methyl sites for hydroxylation is 1. The predicted molar refractivity (Wildman–Crippen MR) is 109 cm³/mol. The number of anilines is 2. The normalized spacial score (nSPS) is 17.6. The van der Waals surface area contributed by atoms with Crippen LogP contribution in [0.5, 0.6) is 0 Å². The van der Waals surface area contributed by atoms with Crippen molar-refractivity contribution in [1.29, 1.82) is 0 Å². The molecule has 5 rings (SSSR count). The maximum atomic E-state index is 11.9. The summed E-state index contributed by atoms with van der Waals surface area (Å²) in [7, 11) is 0. The number of nitrogens with zero attached hydrogens (tertiary/aromatic N) is 5. The van der Waals surface area contributed by atoms with E-state index in [4.69, 9.17) is 0 Å². The highest BCUT2D eigenvalue weighted by atomic mass is 16.2. The van der Waals surface area contributed by atoms with E-state index in [2.05, 4.69) is 36.0 Å². The Morgan fingerprint density at radius 3 is 2.83 bits per heavy atom. The van der Waals surface area contributed by atoms with Crippen LogP contribution in [0.2, 0.25) is 0 Å². The molecule has 0 atom stereocenters. The van der Waals surface area contributed by atoms with Gasteiger partial charge in [0.15, 0.2) is 5.65 Å². The van der Waals surface area contributed by atoms with Crippen LogP contribution >= 0.6 is 0 Å². The van der Waals surface area contributed by atoms with Crippen molar-refractivity contribution in [3.63, 3.8) is 0 Å². The SMILES string of the molecule is Cc1cccc(CNc2nc(NC3CC3)n3ncc(/C=C4\CC(=O)NC4=O)c3n2)n1. The van der Waals surface area contributed by atoms with Gasteiger partial charge in [-0.2, -0.15) is 19.6 Å². The zero-order valence-corrected chi connectivity index (χ0v) is 16.3. The van der Waals surface area contributed by atoms with Crippen LogP contribution in [0.25, 0.3) is 11.7 Å². The van der Waals surface area contributed by atoms with Gasteiger partial charge in [0, 0.05) is 22.9 Å². The second-order valence-corrected chi connectivity index (χ2v) is 7.47. The molecule has 1 saturated carbocycles. The van der Waals surface area contributed by atoms with Gasteiger partial charge < -0.3 is 10.6 Å². The minimum atomic E-state index is -0.381. The summed E-state index contributed by atoms with van der Waals surface area (Å²) >= 11 is 0. The van der Waals surface area contributed by atoms with Gasteiger partial charge in [0.05, 0.1) is 24.9 Å². The highest BCUT2D eigenvalue weighted by molar-refractivity contribution is 6.15. The van der Waals surface area contributed by atoms with Gasteiger partial charge in [-0.3, -0.25) is 19.9 Å². The number of carbonyl (C=O) groups excluding carboxylic acids is 2. The Balaban J connectivity index is 1.50. The van der Waals surface area contributed by atoms with Crippen molar-refractivity contribution in [2.45, 2.75) is 38.8 Å². The Kier molecular flexibility index (Phi) is 4.38. The van der Waals surface area contributed by atoms with Gasteiger partial charge >= 0.3 is 0 Å². The molecule has 0 unspecified atom stereocenters. The quantitative estimate of drug-likeness (QED) is 0.416. The van der Waals surface area contributed by atoms with E-state index in [0.29, 0.717) is 41.3 Å². The van der Waals surface area contributed by atoms with Crippen molar-refractivity contribution < 1.29 is 9.59 Å². The van der Waals surface area contributed by atoms with Crippen LogP contribution in [0.1, 0.15) is 36.2 Å². The van der Waals surface area contributed by atoms with Crippen LogP contribution in [-0.2, 0) is 16.1 Å². The molecule has 4 heterocycles. The molecular formula is C20H20N8O2. The third-order valence-corrected chi connectivity index (χ3v) is 4.90. The Morgan fingerprint density at radius 2 is 2.10 bits per heavy atom. The van der Waals surface area contributed by atoms with Gasteiger partial charge in [-0.05, 0) is 38.0 Å². The summed E-state index contributed by atoms with van der Waals surface area (Å²) in [4.78, 5) is 37.1. The number of rotatable bonds is 6. The molecule has 2 fully saturated rings. The van der Waals surface area contributed by atoms with E-state index in [1.807, 2.05) is 25.1 Å². The second-order valence-electron chi connectivity index (χ2n) is 7.47. The number of hydrogen-bond acceptors (Lipinski definition) is 8. The summed E-state index contributed by atoms with van der Waals surface area (Å²) in [5.41, 5.74) is 3.41. The maximum Gasteiger partial charge on any atom is 0.254 e. The van der Waals surface area contributed by atoms with E-state index < -0.39 is 0 Å². The molecule has 0 aromatic carbocycles. The molecule has 3 aromatic rings. The van der Waals surface area contributed by atoms with Gasteiger partial charge in [-0.15, -0.1) is 0 Å². The van der Waals surface area contributed by atoms with E-state index in [1.54, 1.807) is 16.8 Å². The van der Waals surface area contributed by atoms with Crippen molar-refractivity contribution in [2.24, 2.45) is 0 Å². The largest absolute Gasteiger partial charge is 0.351 e. The summed E-state index contributed by atoms with van der Waals surface area (Å²) in [6.07, 6.45) is 5.50. The number of aromatic nitrogens is 5. The fraction of sp³-hybridized carbons (Fsp3) is 0.300. The monoisotopic (exact) mass is 404 g/mol. The molecule has 10 heteroatoms. The predicted octanol–water partition coefficient (Wildman–Crippen LogP) is 1.44. The minimum Gasteiger partial charge on any atom is -0.351 e. The first-order chi connectivity index (χ1) is 14.5. The lowest BCUT2D eigenvalue weighted by atomic mass is 10.1. The Hall–Kier alpha value is -3.82. The topological polar surface area (TPSA) is 126 Å². The molecule has 3 N–H and O–H groups in total. The molecule has 0 radical (unpaired) electrons. The first-order valence-electron chi connectivity index (χ1n) is 9.78. The molecule has 1 aliphatic heterocycles. The van der Waals surface area contributed by atoms with E-state index in [9.17, 15) is 9.59 Å². The Labute approximate surface area is 171 Å². The molecule has 2 amide bonds. The van der Waals surface area contributed by atoms with E-state index in [1.165, 1.54) is 0 Å². The van der Waals surface area contributed by atoms with Crippen molar-refractivity contribution in [3.8, 4) is 0 Å².